The first-order chi connectivity index (χ1) is 5.34. The summed E-state index contributed by atoms with van der Waals surface area (Å²) in [6.07, 6.45) is 5.51. The van der Waals surface area contributed by atoms with Gasteiger partial charge >= 0.3 is 0 Å². The lowest BCUT2D eigenvalue weighted by Crippen LogP contribution is -1.91. The highest BCUT2D eigenvalue weighted by molar-refractivity contribution is 7.80. The van der Waals surface area contributed by atoms with Gasteiger partial charge in [0.2, 0.25) is 0 Å². The van der Waals surface area contributed by atoms with Crippen LogP contribution in [0.3, 0.4) is 0 Å². The Morgan fingerprint density at radius 1 is 1.64 bits per heavy atom. The molecule has 0 bridgehead atoms. The third-order valence-electron chi connectivity index (χ3n) is 1.27. The minimum absolute atomic E-state index is 0.561. The summed E-state index contributed by atoms with van der Waals surface area (Å²) in [6.45, 7) is 0. The Morgan fingerprint density at radius 3 is 3.09 bits per heavy atom. The maximum absolute atomic E-state index is 5.57. The first-order valence-corrected chi connectivity index (χ1v) is 3.95. The van der Waals surface area contributed by atoms with E-state index in [9.17, 15) is 0 Å². The van der Waals surface area contributed by atoms with E-state index in [2.05, 4.69) is 17.6 Å². The van der Waals surface area contributed by atoms with E-state index in [0.29, 0.717) is 11.6 Å². The largest absolute Gasteiger partial charge is 0.383 e. The van der Waals surface area contributed by atoms with Gasteiger partial charge in [0.15, 0.2) is 0 Å². The molecule has 1 heterocycles. The number of rotatable bonds is 2. The normalized spacial score (nSPS) is 10.6. The number of hydrogen-bond acceptors (Lipinski definition) is 3. The molecular weight excluding hydrogens is 156 g/mol. The Morgan fingerprint density at radius 2 is 2.45 bits per heavy atom. The van der Waals surface area contributed by atoms with Crippen molar-refractivity contribution in [2.24, 2.45) is 0 Å². The first-order valence-electron chi connectivity index (χ1n) is 3.32. The highest BCUT2D eigenvalue weighted by atomic mass is 32.1. The van der Waals surface area contributed by atoms with Crippen molar-refractivity contribution < 1.29 is 0 Å². The van der Waals surface area contributed by atoms with Gasteiger partial charge in [-0.1, -0.05) is 12.2 Å². The molecule has 1 rings (SSSR count). The van der Waals surface area contributed by atoms with Gasteiger partial charge in [0.1, 0.15) is 5.82 Å². The highest BCUT2D eigenvalue weighted by Gasteiger charge is 1.90. The number of thiol groups is 1. The van der Waals surface area contributed by atoms with Crippen molar-refractivity contribution in [2.45, 2.75) is 0 Å². The van der Waals surface area contributed by atoms with Crippen molar-refractivity contribution in [3.63, 3.8) is 0 Å². The molecule has 58 valence electrons. The molecule has 0 amide bonds. The number of nitrogen functional groups attached to an aromatic ring is 1. The number of aromatic nitrogens is 1. The van der Waals surface area contributed by atoms with Crippen LogP contribution in [-0.4, -0.2) is 10.7 Å². The molecule has 0 aliphatic heterocycles. The lowest BCUT2D eigenvalue weighted by Gasteiger charge is -1.95. The Hall–Kier alpha value is -0.960. The second-order valence-electron chi connectivity index (χ2n) is 2.06. The molecular formula is C8H10N2S. The highest BCUT2D eigenvalue weighted by Crippen LogP contribution is 2.08. The number of anilines is 1. The summed E-state index contributed by atoms with van der Waals surface area (Å²) in [6, 6.07) is 3.77. The lowest BCUT2D eigenvalue weighted by molar-refractivity contribution is 1.33. The summed E-state index contributed by atoms with van der Waals surface area (Å²) < 4.78 is 0. The second kappa shape index (κ2) is 4.03. The van der Waals surface area contributed by atoms with E-state index in [-0.39, 0.29) is 0 Å². The third-order valence-corrected chi connectivity index (χ3v) is 1.48. The van der Waals surface area contributed by atoms with E-state index in [1.165, 1.54) is 0 Å². The zero-order valence-corrected chi connectivity index (χ0v) is 6.96. The molecule has 1 aromatic heterocycles. The smallest absolute Gasteiger partial charge is 0.130 e. The van der Waals surface area contributed by atoms with Crippen LogP contribution in [0.4, 0.5) is 5.82 Å². The van der Waals surface area contributed by atoms with E-state index in [1.807, 2.05) is 24.3 Å². The Labute approximate surface area is 71.6 Å². The van der Waals surface area contributed by atoms with Gasteiger partial charge in [-0.05, 0) is 12.1 Å². The Bertz CT molecular complexity index is 258. The molecule has 0 unspecified atom stereocenters. The van der Waals surface area contributed by atoms with Gasteiger partial charge in [-0.15, -0.1) is 0 Å². The number of pyridine rings is 1. The second-order valence-corrected chi connectivity index (χ2v) is 2.43. The van der Waals surface area contributed by atoms with Crippen molar-refractivity contribution in [2.75, 3.05) is 11.5 Å². The van der Waals surface area contributed by atoms with E-state index in [0.717, 1.165) is 5.56 Å². The molecule has 11 heavy (non-hydrogen) atoms. The summed E-state index contributed by atoms with van der Waals surface area (Å²) in [5.74, 6) is 1.28. The van der Waals surface area contributed by atoms with Crippen LogP contribution < -0.4 is 5.73 Å². The van der Waals surface area contributed by atoms with Crippen LogP contribution in [0, 0.1) is 0 Å². The van der Waals surface area contributed by atoms with Gasteiger partial charge in [0.05, 0.1) is 0 Å². The van der Waals surface area contributed by atoms with Crippen LogP contribution in [-0.2, 0) is 0 Å². The van der Waals surface area contributed by atoms with Gasteiger partial charge in [0.25, 0.3) is 0 Å². The predicted octanol–water partition coefficient (Wildman–Crippen LogP) is 1.61. The van der Waals surface area contributed by atoms with Crippen LogP contribution in [0.25, 0.3) is 6.08 Å². The van der Waals surface area contributed by atoms with Crippen molar-refractivity contribution in [1.82, 2.24) is 4.98 Å². The molecule has 3 heteroatoms. The number of nitrogens with two attached hydrogens (primary N) is 1. The summed E-state index contributed by atoms with van der Waals surface area (Å²) in [5, 5.41) is 0. The molecule has 0 saturated carbocycles. The van der Waals surface area contributed by atoms with E-state index >= 15 is 0 Å². The maximum Gasteiger partial charge on any atom is 0.130 e. The molecule has 0 saturated heterocycles. The predicted molar refractivity (Wildman–Crippen MR) is 51.5 cm³/mol. The monoisotopic (exact) mass is 166 g/mol. The molecule has 0 aromatic carbocycles. The first kappa shape index (κ1) is 8.14. The topological polar surface area (TPSA) is 38.9 Å². The summed E-state index contributed by atoms with van der Waals surface area (Å²) >= 11 is 4.04. The number of hydrogen-bond donors (Lipinski definition) is 2. The average molecular weight is 166 g/mol. The van der Waals surface area contributed by atoms with Crippen LogP contribution in [0.15, 0.2) is 24.4 Å². The van der Waals surface area contributed by atoms with Crippen LogP contribution in [0.2, 0.25) is 0 Å². The average Bonchev–Trinajstić information content (AvgIpc) is 2.03. The van der Waals surface area contributed by atoms with Gasteiger partial charge in [-0.2, -0.15) is 12.6 Å². The van der Waals surface area contributed by atoms with Crippen LogP contribution in [0.1, 0.15) is 5.56 Å². The SMILES string of the molecule is Nc1ncccc1C=CCS. The molecule has 2 N–H and O–H groups in total. The van der Waals surface area contributed by atoms with E-state index in [4.69, 9.17) is 5.73 Å². The molecule has 2 nitrogen and oxygen atoms in total. The zero-order chi connectivity index (χ0) is 8.10. The van der Waals surface area contributed by atoms with Crippen molar-refractivity contribution in [3.05, 3.63) is 30.0 Å². The fraction of sp³-hybridized carbons (Fsp3) is 0.125. The molecule has 0 fully saturated rings. The van der Waals surface area contributed by atoms with Gasteiger partial charge in [-0.25, -0.2) is 4.98 Å². The Balaban J connectivity index is 2.86. The zero-order valence-electron chi connectivity index (χ0n) is 6.07. The fourth-order valence-electron chi connectivity index (χ4n) is 0.751. The van der Waals surface area contributed by atoms with E-state index < -0.39 is 0 Å². The van der Waals surface area contributed by atoms with Gasteiger partial charge < -0.3 is 5.73 Å². The summed E-state index contributed by atoms with van der Waals surface area (Å²) in [5.41, 5.74) is 6.52. The maximum atomic E-state index is 5.57. The minimum atomic E-state index is 0.561. The number of nitrogens with zero attached hydrogens (tertiary/aromatic N) is 1. The van der Waals surface area contributed by atoms with Gasteiger partial charge in [-0.3, -0.25) is 0 Å². The molecule has 0 radical (unpaired) electrons. The van der Waals surface area contributed by atoms with Crippen molar-refractivity contribution >= 4 is 24.5 Å². The molecule has 0 aliphatic carbocycles. The quantitative estimate of drug-likeness (QED) is 0.655. The van der Waals surface area contributed by atoms with Crippen LogP contribution in [0.5, 0.6) is 0 Å². The summed E-state index contributed by atoms with van der Waals surface area (Å²) in [7, 11) is 0. The van der Waals surface area contributed by atoms with Crippen molar-refractivity contribution in [1.29, 1.82) is 0 Å². The minimum Gasteiger partial charge on any atom is -0.383 e. The third kappa shape index (κ3) is 2.27. The lowest BCUT2D eigenvalue weighted by atomic mass is 10.2. The van der Waals surface area contributed by atoms with Gasteiger partial charge in [0, 0.05) is 17.5 Å². The van der Waals surface area contributed by atoms with E-state index in [1.54, 1.807) is 6.20 Å². The molecule has 0 atom stereocenters. The summed E-state index contributed by atoms with van der Waals surface area (Å²) in [4.78, 5) is 3.93. The standard InChI is InChI=1S/C8H10N2S/c9-8-7(4-2-6-11)3-1-5-10-8/h1-5,11H,6H2,(H2,9,10). The van der Waals surface area contributed by atoms with Crippen LogP contribution >= 0.6 is 12.6 Å². The molecule has 0 aliphatic rings. The Kier molecular flexibility index (Phi) is 2.98. The molecule has 1 aromatic rings. The molecule has 0 spiro atoms. The van der Waals surface area contributed by atoms with Crippen molar-refractivity contribution in [3.8, 4) is 0 Å². The fourth-order valence-corrected chi connectivity index (χ4v) is 0.856.